The lowest BCUT2D eigenvalue weighted by atomic mass is 10.1. The minimum absolute atomic E-state index is 0.0371. The van der Waals surface area contributed by atoms with E-state index in [1.165, 1.54) is 17.8 Å². The van der Waals surface area contributed by atoms with Gasteiger partial charge in [0.1, 0.15) is 5.82 Å². The smallest absolute Gasteiger partial charge is 0.224 e. The minimum Gasteiger partial charge on any atom is -0.354 e. The van der Waals surface area contributed by atoms with Gasteiger partial charge >= 0.3 is 0 Å². The summed E-state index contributed by atoms with van der Waals surface area (Å²) < 4.78 is 15.1. The fourth-order valence-corrected chi connectivity index (χ4v) is 3.44. The Bertz CT molecular complexity index is 720. The quantitative estimate of drug-likeness (QED) is 0.856. The second kappa shape index (κ2) is 8.47. The summed E-state index contributed by atoms with van der Waals surface area (Å²) in [5, 5.41) is 3.07. The van der Waals surface area contributed by atoms with Crippen LogP contribution in [0.2, 0.25) is 0 Å². The van der Waals surface area contributed by atoms with Crippen molar-refractivity contribution in [3.05, 3.63) is 59.7 Å². The zero-order chi connectivity index (χ0) is 18.5. The maximum atomic E-state index is 13.0. The zero-order valence-corrected chi connectivity index (χ0v) is 15.5. The molecule has 5 nitrogen and oxygen atoms in total. The Labute approximate surface area is 154 Å². The first-order chi connectivity index (χ1) is 12.5. The molecule has 1 aliphatic heterocycles. The van der Waals surface area contributed by atoms with Gasteiger partial charge in [-0.15, -0.1) is 0 Å². The molecule has 1 fully saturated rings. The number of piperazine rings is 1. The van der Waals surface area contributed by atoms with Crippen molar-refractivity contribution in [2.24, 2.45) is 7.05 Å². The van der Waals surface area contributed by atoms with Gasteiger partial charge in [0.05, 0.1) is 12.5 Å². The van der Waals surface area contributed by atoms with Gasteiger partial charge in [0, 0.05) is 51.7 Å². The van der Waals surface area contributed by atoms with Crippen molar-refractivity contribution in [1.82, 2.24) is 19.7 Å². The number of nitrogens with one attached hydrogen (secondary N) is 1. The second-order valence-corrected chi connectivity index (χ2v) is 7.01. The molecule has 1 unspecified atom stereocenters. The molecule has 1 saturated heterocycles. The van der Waals surface area contributed by atoms with Crippen LogP contribution in [0.5, 0.6) is 0 Å². The van der Waals surface area contributed by atoms with Crippen molar-refractivity contribution in [3.8, 4) is 0 Å². The molecule has 0 aliphatic carbocycles. The third kappa shape index (κ3) is 4.71. The topological polar surface area (TPSA) is 40.5 Å². The van der Waals surface area contributed by atoms with Crippen molar-refractivity contribution in [3.63, 3.8) is 0 Å². The molecular formula is C20H27FN4O. The molecule has 1 aliphatic rings. The van der Waals surface area contributed by atoms with Gasteiger partial charge in [0.25, 0.3) is 0 Å². The molecule has 140 valence electrons. The van der Waals surface area contributed by atoms with E-state index in [1.54, 1.807) is 12.1 Å². The summed E-state index contributed by atoms with van der Waals surface area (Å²) in [4.78, 5) is 17.1. The van der Waals surface area contributed by atoms with Crippen molar-refractivity contribution >= 4 is 5.91 Å². The number of carbonyl (C=O) groups excluding carboxylic acids is 1. The molecule has 3 rings (SSSR count). The van der Waals surface area contributed by atoms with Crippen molar-refractivity contribution in [2.75, 3.05) is 39.8 Å². The number of likely N-dealkylation sites (N-methyl/N-ethyl adjacent to an activating group) is 1. The highest BCUT2D eigenvalue weighted by Gasteiger charge is 2.25. The largest absolute Gasteiger partial charge is 0.354 e. The zero-order valence-electron chi connectivity index (χ0n) is 15.5. The lowest BCUT2D eigenvalue weighted by Gasteiger charge is -2.38. The SMILES string of the molecule is CN1CCN(C(CNC(=O)Cc2ccc(F)cc2)c2cccn2C)CC1. The van der Waals surface area contributed by atoms with Crippen LogP contribution >= 0.6 is 0 Å². The van der Waals surface area contributed by atoms with E-state index in [0.29, 0.717) is 6.54 Å². The number of aromatic nitrogens is 1. The molecule has 0 saturated carbocycles. The Morgan fingerprint density at radius 2 is 1.81 bits per heavy atom. The highest BCUT2D eigenvalue weighted by Crippen LogP contribution is 2.21. The Hall–Kier alpha value is -2.18. The minimum atomic E-state index is -0.284. The van der Waals surface area contributed by atoms with E-state index in [4.69, 9.17) is 0 Å². The summed E-state index contributed by atoms with van der Waals surface area (Å²) in [6.45, 7) is 4.61. The number of nitrogens with zero attached hydrogens (tertiary/aromatic N) is 3. The first-order valence-corrected chi connectivity index (χ1v) is 9.08. The predicted octanol–water partition coefficient (Wildman–Crippen LogP) is 1.81. The lowest BCUT2D eigenvalue weighted by molar-refractivity contribution is -0.120. The van der Waals surface area contributed by atoms with Crippen LogP contribution in [0.3, 0.4) is 0 Å². The summed E-state index contributed by atoms with van der Waals surface area (Å²) in [5.74, 6) is -0.321. The van der Waals surface area contributed by atoms with Crippen molar-refractivity contribution in [1.29, 1.82) is 0 Å². The third-order valence-corrected chi connectivity index (χ3v) is 5.07. The van der Waals surface area contributed by atoms with E-state index in [2.05, 4.69) is 32.8 Å². The van der Waals surface area contributed by atoms with Crippen LogP contribution in [0.25, 0.3) is 0 Å². The summed E-state index contributed by atoms with van der Waals surface area (Å²) in [7, 11) is 4.18. The standard InChI is InChI=1S/C20H27FN4O/c1-23-10-12-25(13-11-23)19(18-4-3-9-24(18)2)15-22-20(26)14-16-5-7-17(21)8-6-16/h3-9,19H,10-15H2,1-2H3,(H,22,26). The maximum absolute atomic E-state index is 13.0. The highest BCUT2D eigenvalue weighted by molar-refractivity contribution is 5.78. The van der Waals surface area contributed by atoms with Gasteiger partial charge < -0.3 is 14.8 Å². The Morgan fingerprint density at radius 3 is 2.42 bits per heavy atom. The first kappa shape index (κ1) is 18.6. The first-order valence-electron chi connectivity index (χ1n) is 9.08. The fraction of sp³-hybridized carbons (Fsp3) is 0.450. The van der Waals surface area contributed by atoms with Gasteiger partial charge in [-0.3, -0.25) is 9.69 Å². The number of benzene rings is 1. The predicted molar refractivity (Wildman–Crippen MR) is 100 cm³/mol. The summed E-state index contributed by atoms with van der Waals surface area (Å²) >= 11 is 0. The van der Waals surface area contributed by atoms with E-state index in [-0.39, 0.29) is 24.2 Å². The molecule has 0 bridgehead atoms. The van der Waals surface area contributed by atoms with Gasteiger partial charge in [-0.25, -0.2) is 4.39 Å². The van der Waals surface area contributed by atoms with E-state index in [0.717, 1.165) is 31.7 Å². The molecule has 1 atom stereocenters. The van der Waals surface area contributed by atoms with Gasteiger partial charge in [0.15, 0.2) is 0 Å². The monoisotopic (exact) mass is 358 g/mol. The molecule has 1 N–H and O–H groups in total. The average Bonchev–Trinajstić information content (AvgIpc) is 3.04. The van der Waals surface area contributed by atoms with Crippen LogP contribution in [0.4, 0.5) is 4.39 Å². The maximum Gasteiger partial charge on any atom is 0.224 e. The number of hydrogen-bond donors (Lipinski definition) is 1. The second-order valence-electron chi connectivity index (χ2n) is 7.01. The van der Waals surface area contributed by atoms with E-state index >= 15 is 0 Å². The molecule has 1 aromatic carbocycles. The number of amides is 1. The van der Waals surface area contributed by atoms with Crippen LogP contribution < -0.4 is 5.32 Å². The van der Waals surface area contributed by atoms with Gasteiger partial charge in [0.2, 0.25) is 5.91 Å². The molecule has 26 heavy (non-hydrogen) atoms. The van der Waals surface area contributed by atoms with Gasteiger partial charge in [-0.1, -0.05) is 12.1 Å². The molecule has 0 spiro atoms. The number of rotatable bonds is 6. The molecule has 1 amide bonds. The van der Waals surface area contributed by atoms with Crippen molar-refractivity contribution in [2.45, 2.75) is 12.5 Å². The summed E-state index contributed by atoms with van der Waals surface area (Å²) in [6.07, 6.45) is 2.31. The molecule has 0 radical (unpaired) electrons. The number of aryl methyl sites for hydroxylation is 1. The normalized spacial score (nSPS) is 17.2. The highest BCUT2D eigenvalue weighted by atomic mass is 19.1. The molecular weight excluding hydrogens is 331 g/mol. The number of halogens is 1. The average molecular weight is 358 g/mol. The van der Waals surface area contributed by atoms with Crippen LogP contribution in [0.15, 0.2) is 42.6 Å². The number of carbonyl (C=O) groups is 1. The van der Waals surface area contributed by atoms with Crippen molar-refractivity contribution < 1.29 is 9.18 Å². The Morgan fingerprint density at radius 1 is 1.12 bits per heavy atom. The summed E-state index contributed by atoms with van der Waals surface area (Å²) in [5.41, 5.74) is 2.02. The lowest BCUT2D eigenvalue weighted by Crippen LogP contribution is -2.49. The van der Waals surface area contributed by atoms with Crippen LogP contribution in [-0.2, 0) is 18.3 Å². The number of hydrogen-bond acceptors (Lipinski definition) is 3. The molecule has 2 heterocycles. The van der Waals surface area contributed by atoms with Crippen LogP contribution in [-0.4, -0.2) is 60.0 Å². The third-order valence-electron chi connectivity index (χ3n) is 5.07. The molecule has 2 aromatic rings. The Balaban J connectivity index is 1.63. The van der Waals surface area contributed by atoms with Gasteiger partial charge in [-0.05, 0) is 36.9 Å². The van der Waals surface area contributed by atoms with Gasteiger partial charge in [-0.2, -0.15) is 0 Å². The van der Waals surface area contributed by atoms with E-state index < -0.39 is 0 Å². The van der Waals surface area contributed by atoms with Crippen LogP contribution in [0.1, 0.15) is 17.3 Å². The fourth-order valence-electron chi connectivity index (χ4n) is 3.44. The Kier molecular flexibility index (Phi) is 6.06. The summed E-state index contributed by atoms with van der Waals surface area (Å²) in [6, 6.07) is 10.4. The molecule has 1 aromatic heterocycles. The molecule has 6 heteroatoms. The van der Waals surface area contributed by atoms with Crippen LogP contribution in [0, 0.1) is 5.82 Å². The van der Waals surface area contributed by atoms with E-state index in [1.807, 2.05) is 19.3 Å². The van der Waals surface area contributed by atoms with E-state index in [9.17, 15) is 9.18 Å².